The van der Waals surface area contributed by atoms with Crippen LogP contribution in [-0.2, 0) is 13.1 Å². The molecular weight excluding hydrogens is 250 g/mol. The van der Waals surface area contributed by atoms with Gasteiger partial charge in [0, 0.05) is 41.9 Å². The topological polar surface area (TPSA) is 61.7 Å². The summed E-state index contributed by atoms with van der Waals surface area (Å²) in [4.78, 5) is 4.43. The number of imidazole rings is 1. The highest BCUT2D eigenvalue weighted by atomic mass is 15.3. The molecule has 20 heavy (non-hydrogen) atoms. The monoisotopic (exact) mass is 267 g/mol. The Bertz CT molecular complexity index is 693. The zero-order valence-corrected chi connectivity index (χ0v) is 11.4. The second-order valence-electron chi connectivity index (χ2n) is 4.71. The number of nitrogens with zero attached hydrogens (tertiary/aromatic N) is 4. The van der Waals surface area contributed by atoms with Crippen LogP contribution in [0.3, 0.4) is 0 Å². The molecule has 0 atom stereocenters. The van der Waals surface area contributed by atoms with Crippen LogP contribution in [0.15, 0.2) is 49.1 Å². The van der Waals surface area contributed by atoms with E-state index < -0.39 is 0 Å². The van der Waals surface area contributed by atoms with Gasteiger partial charge >= 0.3 is 0 Å². The van der Waals surface area contributed by atoms with E-state index in [-0.39, 0.29) is 0 Å². The van der Waals surface area contributed by atoms with Crippen molar-refractivity contribution in [2.45, 2.75) is 20.0 Å². The van der Waals surface area contributed by atoms with Crippen LogP contribution in [0.1, 0.15) is 12.5 Å². The van der Waals surface area contributed by atoms with Crippen molar-refractivity contribution >= 4 is 5.69 Å². The van der Waals surface area contributed by atoms with Gasteiger partial charge in [0.15, 0.2) is 0 Å². The number of nitrogens with two attached hydrogens (primary N) is 1. The largest absolute Gasteiger partial charge is 0.399 e. The van der Waals surface area contributed by atoms with Crippen LogP contribution in [-0.4, -0.2) is 19.3 Å². The van der Waals surface area contributed by atoms with Crippen molar-refractivity contribution in [3.63, 3.8) is 0 Å². The summed E-state index contributed by atoms with van der Waals surface area (Å²) in [5.41, 5.74) is 8.71. The second kappa shape index (κ2) is 5.21. The van der Waals surface area contributed by atoms with E-state index >= 15 is 0 Å². The maximum atomic E-state index is 5.72. The van der Waals surface area contributed by atoms with Gasteiger partial charge in [-0.25, -0.2) is 4.98 Å². The Morgan fingerprint density at radius 1 is 1.20 bits per heavy atom. The van der Waals surface area contributed by atoms with E-state index in [2.05, 4.69) is 27.8 Å². The van der Waals surface area contributed by atoms with E-state index in [0.717, 1.165) is 30.2 Å². The van der Waals surface area contributed by atoms with Crippen LogP contribution in [0.4, 0.5) is 5.69 Å². The minimum atomic E-state index is 0.760. The molecule has 3 aromatic rings. The van der Waals surface area contributed by atoms with Gasteiger partial charge in [0.05, 0.1) is 12.7 Å². The molecule has 102 valence electrons. The van der Waals surface area contributed by atoms with E-state index in [1.807, 2.05) is 47.5 Å². The Morgan fingerprint density at radius 2 is 2.00 bits per heavy atom. The van der Waals surface area contributed by atoms with E-state index in [1.54, 1.807) is 0 Å². The summed E-state index contributed by atoms with van der Waals surface area (Å²) >= 11 is 0. The number of aryl methyl sites for hydroxylation is 1. The maximum Gasteiger partial charge on any atom is 0.140 e. The second-order valence-corrected chi connectivity index (χ2v) is 4.71. The Hall–Kier alpha value is -2.56. The molecule has 0 bridgehead atoms. The summed E-state index contributed by atoms with van der Waals surface area (Å²) in [7, 11) is 0. The number of aromatic nitrogens is 4. The fourth-order valence-electron chi connectivity index (χ4n) is 2.19. The average molecular weight is 267 g/mol. The Labute approximate surface area is 117 Å². The fourth-order valence-corrected chi connectivity index (χ4v) is 2.19. The smallest absolute Gasteiger partial charge is 0.140 e. The summed E-state index contributed by atoms with van der Waals surface area (Å²) in [5, 5.41) is 4.30. The summed E-state index contributed by atoms with van der Waals surface area (Å²) in [6.45, 7) is 3.72. The molecule has 5 heteroatoms. The Balaban J connectivity index is 1.88. The first-order valence-corrected chi connectivity index (χ1v) is 6.64. The van der Waals surface area contributed by atoms with Crippen molar-refractivity contribution in [1.29, 1.82) is 0 Å². The minimum absolute atomic E-state index is 0.760. The van der Waals surface area contributed by atoms with Gasteiger partial charge in [0.2, 0.25) is 0 Å². The van der Waals surface area contributed by atoms with Crippen LogP contribution in [0.2, 0.25) is 0 Å². The maximum absolute atomic E-state index is 5.72. The lowest BCUT2D eigenvalue weighted by atomic mass is 10.2. The molecule has 0 aliphatic carbocycles. The van der Waals surface area contributed by atoms with Crippen LogP contribution >= 0.6 is 0 Å². The summed E-state index contributed by atoms with van der Waals surface area (Å²) in [6, 6.07) is 7.76. The molecule has 0 saturated carbocycles. The molecule has 0 aliphatic rings. The molecule has 2 heterocycles. The van der Waals surface area contributed by atoms with Crippen molar-refractivity contribution in [1.82, 2.24) is 19.3 Å². The highest BCUT2D eigenvalue weighted by molar-refractivity contribution is 5.59. The van der Waals surface area contributed by atoms with E-state index in [1.165, 1.54) is 5.56 Å². The lowest BCUT2D eigenvalue weighted by Crippen LogP contribution is -2.00. The van der Waals surface area contributed by atoms with E-state index in [9.17, 15) is 0 Å². The predicted molar refractivity (Wildman–Crippen MR) is 79.1 cm³/mol. The lowest BCUT2D eigenvalue weighted by molar-refractivity contribution is 0.658. The SMILES string of the molecule is CCn1cc(Cn2ccnc2-c2ccc(N)cc2)cn1. The first-order chi connectivity index (χ1) is 9.76. The number of nitrogen functional groups attached to an aromatic ring is 1. The number of anilines is 1. The highest BCUT2D eigenvalue weighted by Crippen LogP contribution is 2.19. The quantitative estimate of drug-likeness (QED) is 0.738. The first-order valence-electron chi connectivity index (χ1n) is 6.64. The highest BCUT2D eigenvalue weighted by Gasteiger charge is 2.07. The predicted octanol–water partition coefficient (Wildman–Crippen LogP) is 2.40. The molecule has 3 rings (SSSR count). The molecule has 0 radical (unpaired) electrons. The molecule has 2 N–H and O–H groups in total. The van der Waals surface area contributed by atoms with Crippen LogP contribution < -0.4 is 5.73 Å². The molecule has 0 unspecified atom stereocenters. The van der Waals surface area contributed by atoms with Crippen LogP contribution in [0.25, 0.3) is 11.4 Å². The third kappa shape index (κ3) is 2.42. The minimum Gasteiger partial charge on any atom is -0.399 e. The van der Waals surface area contributed by atoms with Crippen molar-refractivity contribution < 1.29 is 0 Å². The average Bonchev–Trinajstić information content (AvgIpc) is 3.09. The van der Waals surface area contributed by atoms with Gasteiger partial charge in [-0.1, -0.05) is 0 Å². The van der Waals surface area contributed by atoms with Crippen molar-refractivity contribution in [2.24, 2.45) is 0 Å². The van der Waals surface area contributed by atoms with Gasteiger partial charge in [-0.05, 0) is 31.2 Å². The standard InChI is InChI=1S/C15H17N5/c1-2-20-11-12(9-18-20)10-19-8-7-17-15(19)13-3-5-14(16)6-4-13/h3-9,11H,2,10,16H2,1H3. The van der Waals surface area contributed by atoms with Gasteiger partial charge in [-0.15, -0.1) is 0 Å². The zero-order chi connectivity index (χ0) is 13.9. The van der Waals surface area contributed by atoms with Crippen molar-refractivity contribution in [3.05, 3.63) is 54.6 Å². The normalized spacial score (nSPS) is 10.8. The molecule has 1 aromatic carbocycles. The summed E-state index contributed by atoms with van der Waals surface area (Å²) in [5.74, 6) is 0.939. The molecular formula is C15H17N5. The number of hydrogen-bond donors (Lipinski definition) is 1. The van der Waals surface area contributed by atoms with Gasteiger partial charge in [0.1, 0.15) is 5.82 Å². The fraction of sp³-hybridized carbons (Fsp3) is 0.200. The molecule has 0 fully saturated rings. The van der Waals surface area contributed by atoms with Gasteiger partial charge in [0.25, 0.3) is 0 Å². The van der Waals surface area contributed by atoms with Gasteiger partial charge in [-0.2, -0.15) is 5.10 Å². The summed E-state index contributed by atoms with van der Waals surface area (Å²) in [6.07, 6.45) is 7.76. The van der Waals surface area contributed by atoms with E-state index in [0.29, 0.717) is 0 Å². The molecule has 0 amide bonds. The van der Waals surface area contributed by atoms with Crippen molar-refractivity contribution in [2.75, 3.05) is 5.73 Å². The Kier molecular flexibility index (Phi) is 3.25. The zero-order valence-electron chi connectivity index (χ0n) is 11.4. The van der Waals surface area contributed by atoms with Crippen LogP contribution in [0, 0.1) is 0 Å². The number of rotatable bonds is 4. The van der Waals surface area contributed by atoms with Gasteiger partial charge < -0.3 is 10.3 Å². The molecule has 2 aromatic heterocycles. The molecule has 0 spiro atoms. The number of benzene rings is 1. The van der Waals surface area contributed by atoms with E-state index in [4.69, 9.17) is 5.73 Å². The van der Waals surface area contributed by atoms with Gasteiger partial charge in [-0.3, -0.25) is 4.68 Å². The third-order valence-electron chi connectivity index (χ3n) is 3.25. The first kappa shape index (κ1) is 12.5. The molecule has 0 saturated heterocycles. The molecule has 5 nitrogen and oxygen atoms in total. The number of hydrogen-bond acceptors (Lipinski definition) is 3. The van der Waals surface area contributed by atoms with Crippen LogP contribution in [0.5, 0.6) is 0 Å². The third-order valence-corrected chi connectivity index (χ3v) is 3.25. The van der Waals surface area contributed by atoms with Crippen molar-refractivity contribution in [3.8, 4) is 11.4 Å². The Morgan fingerprint density at radius 3 is 2.70 bits per heavy atom. The lowest BCUT2D eigenvalue weighted by Gasteiger charge is -2.06. The molecule has 0 aliphatic heterocycles. The summed E-state index contributed by atoms with van der Waals surface area (Å²) < 4.78 is 4.04.